The summed E-state index contributed by atoms with van der Waals surface area (Å²) in [5, 5.41) is 6.27. The fourth-order valence-corrected chi connectivity index (χ4v) is 3.13. The summed E-state index contributed by atoms with van der Waals surface area (Å²) in [4.78, 5) is 26.1. The molecule has 0 unspecified atom stereocenters. The van der Waals surface area contributed by atoms with Crippen LogP contribution in [-0.2, 0) is 16.0 Å². The van der Waals surface area contributed by atoms with Crippen LogP contribution >= 0.6 is 12.4 Å². The zero-order valence-electron chi connectivity index (χ0n) is 15.2. The van der Waals surface area contributed by atoms with Gasteiger partial charge >= 0.3 is 0 Å². The maximum Gasteiger partial charge on any atom is 0.226 e. The molecule has 2 rings (SSSR count). The molecule has 0 aromatic heterocycles. The van der Waals surface area contributed by atoms with E-state index in [4.69, 9.17) is 0 Å². The Hall–Kier alpha value is -1.59. The molecule has 1 aliphatic heterocycles. The standard InChI is InChI=1S/C19H29N3O2.ClH/c1-3-22(4-2)19(24)14-15-5-7-17(8-6-15)21-18(23)13-16-9-11-20-12-10-16;/h5-8,16,20H,3-4,9-14H2,1-2H3,(H,21,23);1H. The predicted octanol–water partition coefficient (Wildman–Crippen LogP) is 2.85. The van der Waals surface area contributed by atoms with Crippen molar-refractivity contribution < 1.29 is 9.59 Å². The molecule has 1 aromatic rings. The molecule has 2 N–H and O–H groups in total. The lowest BCUT2D eigenvalue weighted by molar-refractivity contribution is -0.130. The number of amides is 2. The minimum absolute atomic E-state index is 0. The second kappa shape index (κ2) is 11.1. The molecule has 140 valence electrons. The Bertz CT molecular complexity index is 538. The van der Waals surface area contributed by atoms with Gasteiger partial charge in [0.1, 0.15) is 0 Å². The predicted molar refractivity (Wildman–Crippen MR) is 104 cm³/mol. The van der Waals surface area contributed by atoms with Crippen molar-refractivity contribution >= 4 is 29.9 Å². The topological polar surface area (TPSA) is 61.4 Å². The molecular weight excluding hydrogens is 338 g/mol. The van der Waals surface area contributed by atoms with Crippen LogP contribution in [0.2, 0.25) is 0 Å². The fourth-order valence-electron chi connectivity index (χ4n) is 3.13. The second-order valence-electron chi connectivity index (χ2n) is 6.39. The van der Waals surface area contributed by atoms with E-state index >= 15 is 0 Å². The first kappa shape index (κ1) is 21.5. The summed E-state index contributed by atoms with van der Waals surface area (Å²) in [6.07, 6.45) is 3.13. The normalized spacial score (nSPS) is 14.5. The van der Waals surface area contributed by atoms with Gasteiger partial charge in [-0.1, -0.05) is 12.1 Å². The van der Waals surface area contributed by atoms with Crippen LogP contribution in [0.3, 0.4) is 0 Å². The number of carbonyl (C=O) groups excluding carboxylic acids is 2. The summed E-state index contributed by atoms with van der Waals surface area (Å²) in [6.45, 7) is 7.46. The van der Waals surface area contributed by atoms with E-state index in [1.807, 2.05) is 43.0 Å². The molecule has 0 aliphatic carbocycles. The van der Waals surface area contributed by atoms with E-state index in [-0.39, 0.29) is 24.2 Å². The molecule has 5 nitrogen and oxygen atoms in total. The maximum atomic E-state index is 12.1. The summed E-state index contributed by atoms with van der Waals surface area (Å²) in [5.41, 5.74) is 1.77. The lowest BCUT2D eigenvalue weighted by atomic mass is 9.94. The average Bonchev–Trinajstić information content (AvgIpc) is 2.58. The maximum absolute atomic E-state index is 12.1. The lowest BCUT2D eigenvalue weighted by Gasteiger charge is -2.22. The van der Waals surface area contributed by atoms with Crippen molar-refractivity contribution in [3.05, 3.63) is 29.8 Å². The Labute approximate surface area is 157 Å². The van der Waals surface area contributed by atoms with Crippen molar-refractivity contribution in [2.24, 2.45) is 5.92 Å². The number of anilines is 1. The van der Waals surface area contributed by atoms with E-state index in [1.165, 1.54) is 0 Å². The molecule has 0 atom stereocenters. The van der Waals surface area contributed by atoms with Crippen LogP contribution in [0.15, 0.2) is 24.3 Å². The average molecular weight is 368 g/mol. The molecule has 1 heterocycles. The molecule has 0 bridgehead atoms. The fraction of sp³-hybridized carbons (Fsp3) is 0.579. The van der Waals surface area contributed by atoms with E-state index < -0.39 is 0 Å². The van der Waals surface area contributed by atoms with Gasteiger partial charge in [-0.25, -0.2) is 0 Å². The summed E-state index contributed by atoms with van der Waals surface area (Å²) in [7, 11) is 0. The summed E-state index contributed by atoms with van der Waals surface area (Å²) in [6, 6.07) is 7.60. The molecule has 0 spiro atoms. The summed E-state index contributed by atoms with van der Waals surface area (Å²) >= 11 is 0. The third kappa shape index (κ3) is 7.04. The van der Waals surface area contributed by atoms with E-state index in [0.29, 0.717) is 18.8 Å². The van der Waals surface area contributed by atoms with E-state index in [9.17, 15) is 9.59 Å². The van der Waals surface area contributed by atoms with Gasteiger partial charge in [-0.05, 0) is 63.4 Å². The first-order valence-corrected chi connectivity index (χ1v) is 8.99. The number of nitrogens with zero attached hydrogens (tertiary/aromatic N) is 1. The number of halogens is 1. The highest BCUT2D eigenvalue weighted by atomic mass is 35.5. The number of nitrogens with one attached hydrogen (secondary N) is 2. The van der Waals surface area contributed by atoms with Crippen molar-refractivity contribution in [3.8, 4) is 0 Å². The van der Waals surface area contributed by atoms with Crippen LogP contribution in [0.25, 0.3) is 0 Å². The molecule has 0 saturated carbocycles. The number of carbonyl (C=O) groups is 2. The van der Waals surface area contributed by atoms with Crippen molar-refractivity contribution in [1.82, 2.24) is 10.2 Å². The van der Waals surface area contributed by atoms with Crippen LogP contribution < -0.4 is 10.6 Å². The van der Waals surface area contributed by atoms with E-state index in [2.05, 4.69) is 10.6 Å². The first-order chi connectivity index (χ1) is 11.6. The van der Waals surface area contributed by atoms with Gasteiger partial charge in [0, 0.05) is 25.2 Å². The van der Waals surface area contributed by atoms with Crippen molar-refractivity contribution in [2.45, 2.75) is 39.5 Å². The molecule has 6 heteroatoms. The SMILES string of the molecule is CCN(CC)C(=O)Cc1ccc(NC(=O)CC2CCNCC2)cc1.Cl. The van der Waals surface area contributed by atoms with Crippen LogP contribution in [0, 0.1) is 5.92 Å². The molecule has 1 fully saturated rings. The quantitative estimate of drug-likeness (QED) is 0.779. The molecule has 1 saturated heterocycles. The Kier molecular flexibility index (Phi) is 9.53. The number of piperidine rings is 1. The third-order valence-corrected chi connectivity index (χ3v) is 4.64. The van der Waals surface area contributed by atoms with Gasteiger partial charge in [-0.15, -0.1) is 12.4 Å². The van der Waals surface area contributed by atoms with E-state index in [1.54, 1.807) is 0 Å². The van der Waals surface area contributed by atoms with Gasteiger partial charge in [-0.3, -0.25) is 9.59 Å². The van der Waals surface area contributed by atoms with Crippen LogP contribution in [0.5, 0.6) is 0 Å². The monoisotopic (exact) mass is 367 g/mol. The van der Waals surface area contributed by atoms with Crippen molar-refractivity contribution in [1.29, 1.82) is 0 Å². The Balaban J connectivity index is 0.00000312. The smallest absolute Gasteiger partial charge is 0.226 e. The minimum Gasteiger partial charge on any atom is -0.343 e. The van der Waals surface area contributed by atoms with Gasteiger partial charge in [0.25, 0.3) is 0 Å². The van der Waals surface area contributed by atoms with Gasteiger partial charge in [0.05, 0.1) is 6.42 Å². The number of likely N-dealkylation sites (N-methyl/N-ethyl adjacent to an activating group) is 1. The molecule has 1 aromatic carbocycles. The van der Waals surface area contributed by atoms with Crippen molar-refractivity contribution in [3.63, 3.8) is 0 Å². The molecule has 2 amide bonds. The van der Waals surface area contributed by atoms with Crippen LogP contribution in [-0.4, -0.2) is 42.9 Å². The molecular formula is C19H30ClN3O2. The third-order valence-electron chi connectivity index (χ3n) is 4.64. The molecule has 1 aliphatic rings. The largest absolute Gasteiger partial charge is 0.343 e. The Morgan fingerprint density at radius 1 is 1.12 bits per heavy atom. The first-order valence-electron chi connectivity index (χ1n) is 8.99. The van der Waals surface area contributed by atoms with Gasteiger partial charge < -0.3 is 15.5 Å². The molecule has 25 heavy (non-hydrogen) atoms. The Morgan fingerprint density at radius 3 is 2.28 bits per heavy atom. The number of hydrogen-bond acceptors (Lipinski definition) is 3. The lowest BCUT2D eigenvalue weighted by Crippen LogP contribution is -2.31. The highest BCUT2D eigenvalue weighted by Gasteiger charge is 2.17. The highest BCUT2D eigenvalue weighted by Crippen LogP contribution is 2.17. The second-order valence-corrected chi connectivity index (χ2v) is 6.39. The highest BCUT2D eigenvalue weighted by molar-refractivity contribution is 5.91. The molecule has 0 radical (unpaired) electrons. The van der Waals surface area contributed by atoms with Gasteiger partial charge in [0.2, 0.25) is 11.8 Å². The van der Waals surface area contributed by atoms with Crippen molar-refractivity contribution in [2.75, 3.05) is 31.5 Å². The summed E-state index contributed by atoms with van der Waals surface area (Å²) in [5.74, 6) is 0.703. The Morgan fingerprint density at radius 2 is 1.72 bits per heavy atom. The number of rotatable bonds is 7. The van der Waals surface area contributed by atoms with Gasteiger partial charge in [-0.2, -0.15) is 0 Å². The summed E-state index contributed by atoms with van der Waals surface area (Å²) < 4.78 is 0. The minimum atomic E-state index is 0. The van der Waals surface area contributed by atoms with E-state index in [0.717, 1.165) is 50.3 Å². The zero-order chi connectivity index (χ0) is 17.4. The van der Waals surface area contributed by atoms with Gasteiger partial charge in [0.15, 0.2) is 0 Å². The van der Waals surface area contributed by atoms with Crippen LogP contribution in [0.4, 0.5) is 5.69 Å². The number of benzene rings is 1. The number of hydrogen-bond donors (Lipinski definition) is 2. The zero-order valence-corrected chi connectivity index (χ0v) is 16.0. The van der Waals surface area contributed by atoms with Crippen LogP contribution in [0.1, 0.15) is 38.7 Å².